The lowest BCUT2D eigenvalue weighted by atomic mass is 10.3. The summed E-state index contributed by atoms with van der Waals surface area (Å²) in [6, 6.07) is 13.9. The van der Waals surface area contributed by atoms with Gasteiger partial charge >= 0.3 is 0 Å². The number of hydrogen-bond acceptors (Lipinski definition) is 3. The summed E-state index contributed by atoms with van der Waals surface area (Å²) in [5.74, 6) is 0.992. The van der Waals surface area contributed by atoms with E-state index in [1.807, 2.05) is 18.2 Å². The molecule has 2 rings (SSSR count). The molecule has 0 atom stereocenters. The molecule has 2 aromatic rings. The highest BCUT2D eigenvalue weighted by Crippen LogP contribution is 2.25. The third-order valence-corrected chi connectivity index (χ3v) is 2.67. The normalized spacial score (nSPS) is 10.2. The van der Waals surface area contributed by atoms with Gasteiger partial charge in [0.05, 0.1) is 0 Å². The fourth-order valence-electron chi connectivity index (χ4n) is 1.30. The van der Waals surface area contributed by atoms with Gasteiger partial charge in [0, 0.05) is 0 Å². The van der Waals surface area contributed by atoms with E-state index in [-0.39, 0.29) is 19.5 Å². The van der Waals surface area contributed by atoms with Gasteiger partial charge in [-0.1, -0.05) is 24.3 Å². The van der Waals surface area contributed by atoms with E-state index in [9.17, 15) is 9.67 Å². The number of rotatable bonds is 3. The third-order valence-electron chi connectivity index (χ3n) is 2.04. The van der Waals surface area contributed by atoms with E-state index in [1.165, 1.54) is 6.07 Å². The summed E-state index contributed by atoms with van der Waals surface area (Å²) in [5, 5.41) is 9.74. The van der Waals surface area contributed by atoms with Crippen molar-refractivity contribution in [2.75, 3.05) is 0 Å². The van der Waals surface area contributed by atoms with Gasteiger partial charge in [-0.2, -0.15) is 0 Å². The van der Waals surface area contributed by atoms with Crippen molar-refractivity contribution in [3.63, 3.8) is 0 Å². The summed E-state index contributed by atoms with van der Waals surface area (Å²) in [5.41, 5.74) is 0. The highest BCUT2D eigenvalue weighted by Gasteiger charge is 2.09. The largest absolute Gasteiger partial charge is 0.507 e. The van der Waals surface area contributed by atoms with E-state index in [0.29, 0.717) is 11.5 Å². The molecule has 16 heavy (non-hydrogen) atoms. The highest BCUT2D eigenvalue weighted by atomic mass is 31.1. The molecule has 0 amide bonds. The first-order valence-corrected chi connectivity index (χ1v) is 5.51. The van der Waals surface area contributed by atoms with E-state index in [0.717, 1.165) is 0 Å². The summed E-state index contributed by atoms with van der Waals surface area (Å²) in [6.07, 6.45) is 0. The quantitative estimate of drug-likeness (QED) is 0.827. The molecule has 0 saturated heterocycles. The van der Waals surface area contributed by atoms with Crippen LogP contribution < -0.4 is 10.0 Å². The minimum absolute atomic E-state index is 0.0369. The highest BCUT2D eigenvalue weighted by molar-refractivity contribution is 7.34. The van der Waals surface area contributed by atoms with Gasteiger partial charge in [-0.25, -0.2) is 0 Å². The zero-order valence-corrected chi connectivity index (χ0v) is 9.22. The molecular weight excluding hydrogens is 223 g/mol. The molecule has 0 saturated carbocycles. The molecule has 0 fully saturated rings. The second kappa shape index (κ2) is 4.77. The standard InChI is InChI=1S/C12H9O3P/c13-10-7-4-8-11(12(10)16-14)15-9-5-2-1-3-6-9/h1-8,13H. The molecular formula is C12H9O3P. The molecule has 0 spiro atoms. The lowest BCUT2D eigenvalue weighted by Gasteiger charge is -2.07. The lowest BCUT2D eigenvalue weighted by Crippen LogP contribution is -1.98. The van der Waals surface area contributed by atoms with Gasteiger partial charge in [-0.05, 0) is 24.3 Å². The van der Waals surface area contributed by atoms with E-state index >= 15 is 0 Å². The molecule has 0 aromatic heterocycles. The summed E-state index contributed by atoms with van der Waals surface area (Å²) < 4.78 is 16.4. The van der Waals surface area contributed by atoms with Crippen LogP contribution in [0, 0.1) is 0 Å². The average Bonchev–Trinajstić information content (AvgIpc) is 2.31. The monoisotopic (exact) mass is 232 g/mol. The number of benzene rings is 2. The molecule has 0 aliphatic carbocycles. The Labute approximate surface area is 94.5 Å². The van der Waals surface area contributed by atoms with E-state index in [2.05, 4.69) is 0 Å². The molecule has 3 nitrogen and oxygen atoms in total. The zero-order chi connectivity index (χ0) is 11.4. The van der Waals surface area contributed by atoms with Gasteiger partial charge < -0.3 is 9.84 Å². The summed E-state index contributed by atoms with van der Waals surface area (Å²) >= 11 is 0. The second-order valence-corrected chi connectivity index (χ2v) is 3.76. The number of hydrogen-bond donors (Lipinski definition) is 1. The number of phenols is 1. The predicted molar refractivity (Wildman–Crippen MR) is 61.9 cm³/mol. The average molecular weight is 232 g/mol. The topological polar surface area (TPSA) is 46.5 Å². The third kappa shape index (κ3) is 2.20. The van der Waals surface area contributed by atoms with Crippen LogP contribution in [0.15, 0.2) is 48.5 Å². The van der Waals surface area contributed by atoms with Crippen molar-refractivity contribution < 1.29 is 14.4 Å². The van der Waals surface area contributed by atoms with Crippen LogP contribution in [0.25, 0.3) is 0 Å². The van der Waals surface area contributed by atoms with Crippen molar-refractivity contribution in [3.05, 3.63) is 48.5 Å². The van der Waals surface area contributed by atoms with Crippen LogP contribution in [0.3, 0.4) is 0 Å². The Bertz CT molecular complexity index is 497. The molecule has 4 heteroatoms. The molecule has 0 radical (unpaired) electrons. The molecule has 2 aromatic carbocycles. The first kappa shape index (κ1) is 10.7. The Morgan fingerprint density at radius 3 is 2.44 bits per heavy atom. The maximum absolute atomic E-state index is 10.9. The minimum Gasteiger partial charge on any atom is -0.507 e. The smallest absolute Gasteiger partial charge is 0.200 e. The lowest BCUT2D eigenvalue weighted by molar-refractivity contribution is 0.462. The maximum atomic E-state index is 10.9. The first-order chi connectivity index (χ1) is 7.81. The van der Waals surface area contributed by atoms with Crippen LogP contribution in [0.2, 0.25) is 0 Å². The van der Waals surface area contributed by atoms with Crippen molar-refractivity contribution in [3.8, 4) is 17.2 Å². The van der Waals surface area contributed by atoms with Gasteiger partial charge in [0.15, 0.2) is 8.46 Å². The predicted octanol–water partition coefficient (Wildman–Crippen LogP) is 3.10. The van der Waals surface area contributed by atoms with Crippen LogP contribution in [0.1, 0.15) is 0 Å². The number of ether oxygens (including phenoxy) is 1. The van der Waals surface area contributed by atoms with Gasteiger partial charge in [-0.3, -0.25) is 4.57 Å². The Kier molecular flexibility index (Phi) is 3.18. The van der Waals surface area contributed by atoms with Gasteiger partial charge in [0.1, 0.15) is 22.6 Å². The Morgan fingerprint density at radius 1 is 1.00 bits per heavy atom. The van der Waals surface area contributed by atoms with Crippen molar-refractivity contribution in [1.82, 2.24) is 0 Å². The molecule has 0 heterocycles. The summed E-state index contributed by atoms with van der Waals surface area (Å²) in [6.45, 7) is 0. The van der Waals surface area contributed by atoms with Gasteiger partial charge in [0.2, 0.25) is 0 Å². The van der Waals surface area contributed by atoms with Gasteiger partial charge in [-0.15, -0.1) is 0 Å². The molecule has 0 unspecified atom stereocenters. The molecule has 1 N–H and O–H groups in total. The summed E-state index contributed by atoms with van der Waals surface area (Å²) in [7, 11) is -0.265. The van der Waals surface area contributed by atoms with Gasteiger partial charge in [0.25, 0.3) is 0 Å². The van der Waals surface area contributed by atoms with E-state index < -0.39 is 0 Å². The van der Waals surface area contributed by atoms with Crippen LogP contribution in [0.5, 0.6) is 17.2 Å². The minimum atomic E-state index is -0.265. The molecule has 0 aliphatic rings. The van der Waals surface area contributed by atoms with E-state index in [4.69, 9.17) is 4.74 Å². The Morgan fingerprint density at radius 2 is 1.75 bits per heavy atom. The first-order valence-electron chi connectivity index (χ1n) is 4.69. The number of phenolic OH excluding ortho intramolecular Hbond substituents is 1. The van der Waals surface area contributed by atoms with Crippen molar-refractivity contribution in [1.29, 1.82) is 0 Å². The fraction of sp³-hybridized carbons (Fsp3) is 0. The molecule has 80 valence electrons. The van der Waals surface area contributed by atoms with Crippen LogP contribution >= 0.6 is 8.46 Å². The maximum Gasteiger partial charge on any atom is 0.200 e. The van der Waals surface area contributed by atoms with Crippen LogP contribution in [0.4, 0.5) is 0 Å². The van der Waals surface area contributed by atoms with E-state index in [1.54, 1.807) is 24.3 Å². The van der Waals surface area contributed by atoms with Crippen molar-refractivity contribution in [2.24, 2.45) is 0 Å². The Balaban J connectivity index is 2.35. The number of aromatic hydroxyl groups is 1. The number of para-hydroxylation sites is 1. The fourth-order valence-corrected chi connectivity index (χ4v) is 1.68. The van der Waals surface area contributed by atoms with Crippen molar-refractivity contribution >= 4 is 13.8 Å². The summed E-state index contributed by atoms with van der Waals surface area (Å²) in [4.78, 5) is 0. The SMILES string of the molecule is O=Pc1c(O)cccc1Oc1ccccc1. The molecule has 0 bridgehead atoms. The zero-order valence-electron chi connectivity index (χ0n) is 8.33. The molecule has 0 aliphatic heterocycles. The van der Waals surface area contributed by atoms with Crippen molar-refractivity contribution in [2.45, 2.75) is 0 Å². The Hall–Kier alpha value is -1.86. The van der Waals surface area contributed by atoms with Crippen LogP contribution in [-0.4, -0.2) is 5.11 Å². The van der Waals surface area contributed by atoms with Crippen LogP contribution in [-0.2, 0) is 4.57 Å². The second-order valence-electron chi connectivity index (χ2n) is 3.13.